The van der Waals surface area contributed by atoms with Crippen LogP contribution in [0, 0.1) is 0 Å². The molecule has 0 amide bonds. The molecule has 120 valence electrons. The zero-order valence-electron chi connectivity index (χ0n) is 14.6. The van der Waals surface area contributed by atoms with Crippen molar-refractivity contribution in [2.75, 3.05) is 0 Å². The molecule has 2 radical (unpaired) electrons. The molecule has 1 aromatic rings. The molecule has 1 rings (SSSR count). The van der Waals surface area contributed by atoms with Crippen LogP contribution in [0.3, 0.4) is 0 Å². The van der Waals surface area contributed by atoms with Crippen molar-refractivity contribution in [3.63, 3.8) is 0 Å². The van der Waals surface area contributed by atoms with Gasteiger partial charge in [-0.1, -0.05) is 0 Å². The molecular formula is C18H34N2Sn. The van der Waals surface area contributed by atoms with Crippen molar-refractivity contribution in [3.05, 3.63) is 12.4 Å². The molecule has 0 aliphatic carbocycles. The quantitative estimate of drug-likeness (QED) is 0.456. The third-order valence-corrected chi connectivity index (χ3v) is 9.61. The average molecular weight is 397 g/mol. The molecule has 0 saturated carbocycles. The Morgan fingerprint density at radius 2 is 1.48 bits per heavy atom. The van der Waals surface area contributed by atoms with Crippen molar-refractivity contribution in [2.24, 2.45) is 0 Å². The third-order valence-electron chi connectivity index (χ3n) is 4.39. The van der Waals surface area contributed by atoms with Crippen LogP contribution in [-0.4, -0.2) is 30.9 Å². The van der Waals surface area contributed by atoms with Crippen molar-refractivity contribution in [2.45, 2.75) is 95.5 Å². The Balaban J connectivity index is 2.83. The second-order valence-corrected chi connectivity index (χ2v) is 11.7. The summed E-state index contributed by atoms with van der Waals surface area (Å²) in [5.41, 5.74) is 0. The fourth-order valence-corrected chi connectivity index (χ4v) is 8.31. The fraction of sp³-hybridized carbons (Fsp3) is 0.833. The molecule has 0 fully saturated rings. The Labute approximate surface area is 142 Å². The van der Waals surface area contributed by atoms with Gasteiger partial charge < -0.3 is 0 Å². The molecule has 2 nitrogen and oxygen atoms in total. The van der Waals surface area contributed by atoms with E-state index in [9.17, 15) is 0 Å². The average Bonchev–Trinajstić information content (AvgIpc) is 2.96. The topological polar surface area (TPSA) is 17.8 Å². The van der Waals surface area contributed by atoms with Crippen molar-refractivity contribution in [1.29, 1.82) is 0 Å². The van der Waals surface area contributed by atoms with Crippen molar-refractivity contribution in [3.8, 4) is 0 Å². The number of rotatable bonds is 12. The number of aromatic nitrogens is 2. The Hall–Kier alpha value is 0.00870. The summed E-state index contributed by atoms with van der Waals surface area (Å²) in [6.07, 6.45) is 17.2. The van der Waals surface area contributed by atoms with Crippen LogP contribution < -0.4 is 3.58 Å². The molecule has 21 heavy (non-hydrogen) atoms. The van der Waals surface area contributed by atoms with Crippen LogP contribution in [0.25, 0.3) is 0 Å². The molecule has 0 aliphatic heterocycles. The second-order valence-electron chi connectivity index (χ2n) is 6.30. The van der Waals surface area contributed by atoms with Crippen LogP contribution in [0.2, 0.25) is 3.43 Å². The van der Waals surface area contributed by atoms with E-state index >= 15 is 0 Å². The SMILES string of the molecule is CCCC[C](CCCC)(CCCC)[Sn][c]1cnn(CC)c1. The molecular weight excluding hydrogens is 363 g/mol. The Kier molecular flexibility index (Phi) is 9.70. The van der Waals surface area contributed by atoms with Crippen LogP contribution in [0.5, 0.6) is 0 Å². The number of hydrogen-bond donors (Lipinski definition) is 0. The van der Waals surface area contributed by atoms with Crippen molar-refractivity contribution in [1.82, 2.24) is 9.78 Å². The molecule has 0 bridgehead atoms. The van der Waals surface area contributed by atoms with Crippen LogP contribution in [0.1, 0.15) is 85.5 Å². The number of nitrogens with zero attached hydrogens (tertiary/aromatic N) is 2. The maximum atomic E-state index is 4.52. The Morgan fingerprint density at radius 1 is 0.952 bits per heavy atom. The van der Waals surface area contributed by atoms with Gasteiger partial charge in [-0.05, 0) is 0 Å². The molecule has 0 aliphatic rings. The summed E-state index contributed by atoms with van der Waals surface area (Å²) in [7, 11) is 0. The van der Waals surface area contributed by atoms with Gasteiger partial charge in [0, 0.05) is 0 Å². The monoisotopic (exact) mass is 398 g/mol. The summed E-state index contributed by atoms with van der Waals surface area (Å²) in [6.45, 7) is 10.2. The van der Waals surface area contributed by atoms with Crippen molar-refractivity contribution < 1.29 is 0 Å². The summed E-state index contributed by atoms with van der Waals surface area (Å²) in [5, 5.41) is 4.52. The number of aryl methyl sites for hydroxylation is 1. The third kappa shape index (κ3) is 6.75. The van der Waals surface area contributed by atoms with Crippen LogP contribution >= 0.6 is 0 Å². The first kappa shape index (κ1) is 19.1. The molecule has 0 N–H and O–H groups in total. The Morgan fingerprint density at radius 3 is 1.86 bits per heavy atom. The van der Waals surface area contributed by atoms with Crippen LogP contribution in [0.15, 0.2) is 12.4 Å². The normalized spacial score (nSPS) is 12.0. The molecule has 3 heteroatoms. The molecule has 0 atom stereocenters. The number of unbranched alkanes of at least 4 members (excludes halogenated alkanes) is 3. The van der Waals surface area contributed by atoms with E-state index in [-0.39, 0.29) is 0 Å². The maximum absolute atomic E-state index is 4.52. The Bertz CT molecular complexity index is 351. The first-order chi connectivity index (χ1) is 10.2. The minimum absolute atomic E-state index is 0.565. The van der Waals surface area contributed by atoms with E-state index in [2.05, 4.69) is 49.9 Å². The zero-order chi connectivity index (χ0) is 15.6. The van der Waals surface area contributed by atoms with E-state index in [1.165, 1.54) is 57.8 Å². The summed E-state index contributed by atoms with van der Waals surface area (Å²) in [4.78, 5) is 0. The predicted molar refractivity (Wildman–Crippen MR) is 94.6 cm³/mol. The zero-order valence-corrected chi connectivity index (χ0v) is 17.5. The van der Waals surface area contributed by atoms with E-state index in [1.54, 1.807) is 3.58 Å². The summed E-state index contributed by atoms with van der Waals surface area (Å²) >= 11 is -0.565. The van der Waals surface area contributed by atoms with Gasteiger partial charge in [-0.25, -0.2) is 0 Å². The second kappa shape index (κ2) is 10.7. The standard InChI is InChI=1S/C13H27.C5H7N2.Sn/c1-4-7-10-13(11-8-5-2)12-9-6-3;1-2-7-5-3-4-6-7;/h4-12H2,1-3H3;4-5H,2H2,1H3;. The van der Waals surface area contributed by atoms with Gasteiger partial charge in [0.1, 0.15) is 0 Å². The van der Waals surface area contributed by atoms with Crippen LogP contribution in [-0.2, 0) is 6.54 Å². The fourth-order valence-electron chi connectivity index (χ4n) is 3.02. The van der Waals surface area contributed by atoms with Gasteiger partial charge >= 0.3 is 142 Å². The van der Waals surface area contributed by atoms with Crippen molar-refractivity contribution >= 4 is 24.7 Å². The van der Waals surface area contributed by atoms with Gasteiger partial charge in [-0.15, -0.1) is 0 Å². The molecule has 0 aromatic carbocycles. The number of hydrogen-bond acceptors (Lipinski definition) is 1. The molecule has 1 aromatic heterocycles. The van der Waals surface area contributed by atoms with E-state index < -0.39 is 21.1 Å². The van der Waals surface area contributed by atoms with Gasteiger partial charge in [0.05, 0.1) is 0 Å². The van der Waals surface area contributed by atoms with Gasteiger partial charge in [-0.3, -0.25) is 0 Å². The van der Waals surface area contributed by atoms with Crippen LogP contribution in [0.4, 0.5) is 0 Å². The van der Waals surface area contributed by atoms with Gasteiger partial charge in [-0.2, -0.15) is 0 Å². The molecule has 0 saturated heterocycles. The van der Waals surface area contributed by atoms with Gasteiger partial charge in [0.25, 0.3) is 0 Å². The van der Waals surface area contributed by atoms with E-state index in [4.69, 9.17) is 0 Å². The minimum atomic E-state index is -0.565. The summed E-state index contributed by atoms with van der Waals surface area (Å²) in [5.74, 6) is 0. The van der Waals surface area contributed by atoms with E-state index in [0.29, 0.717) is 3.43 Å². The predicted octanol–water partition coefficient (Wildman–Crippen LogP) is 4.96. The molecule has 1 heterocycles. The summed E-state index contributed by atoms with van der Waals surface area (Å²) in [6, 6.07) is 0. The van der Waals surface area contributed by atoms with E-state index in [1.807, 2.05) is 0 Å². The molecule has 0 spiro atoms. The first-order valence-corrected chi connectivity index (χ1v) is 11.9. The summed E-state index contributed by atoms with van der Waals surface area (Å²) < 4.78 is 4.41. The molecule has 0 unspecified atom stereocenters. The first-order valence-electron chi connectivity index (χ1n) is 9.00. The van der Waals surface area contributed by atoms with E-state index in [0.717, 1.165) is 6.54 Å². The van der Waals surface area contributed by atoms with Gasteiger partial charge in [0.15, 0.2) is 0 Å². The van der Waals surface area contributed by atoms with Gasteiger partial charge in [0.2, 0.25) is 0 Å².